The van der Waals surface area contributed by atoms with E-state index in [0.717, 1.165) is 35.3 Å². The van der Waals surface area contributed by atoms with Gasteiger partial charge in [-0.05, 0) is 106 Å². The van der Waals surface area contributed by atoms with Crippen molar-refractivity contribution in [3.63, 3.8) is 0 Å². The summed E-state index contributed by atoms with van der Waals surface area (Å²) in [5.74, 6) is 0.583. The molecule has 0 aliphatic heterocycles. The second kappa shape index (κ2) is 26.0. The van der Waals surface area contributed by atoms with Gasteiger partial charge in [-0.15, -0.1) is 5.73 Å². The molecule has 2 nitrogen and oxygen atoms in total. The molecule has 2 heteroatoms. The van der Waals surface area contributed by atoms with Crippen LogP contribution in [0.1, 0.15) is 96.4 Å². The van der Waals surface area contributed by atoms with Crippen molar-refractivity contribution in [3.05, 3.63) is 260 Å². The van der Waals surface area contributed by atoms with Crippen molar-refractivity contribution in [2.24, 2.45) is 0 Å². The molecule has 0 radical (unpaired) electrons. The molecule has 0 saturated carbocycles. The summed E-state index contributed by atoms with van der Waals surface area (Å²) in [5.41, 5.74) is 26.8. The molecule has 0 bridgehead atoms. The van der Waals surface area contributed by atoms with Gasteiger partial charge in [-0.1, -0.05) is 256 Å². The highest BCUT2D eigenvalue weighted by Gasteiger charge is 2.35. The lowest BCUT2D eigenvalue weighted by molar-refractivity contribution is 0.661. The van der Waals surface area contributed by atoms with Crippen LogP contribution in [-0.4, -0.2) is 0 Å². The number of hydrogen-bond acceptors (Lipinski definition) is 2. The molecule has 1 unspecified atom stereocenters. The van der Waals surface area contributed by atoms with Crippen LogP contribution in [0, 0.1) is 0 Å². The quantitative estimate of drug-likeness (QED) is 0.0937. The summed E-state index contributed by atoms with van der Waals surface area (Å²) in [6, 6.07) is 57.5. The van der Waals surface area contributed by atoms with Crippen molar-refractivity contribution in [1.82, 2.24) is 0 Å². The van der Waals surface area contributed by atoms with E-state index in [1.165, 1.54) is 72.0 Å². The normalized spacial score (nSPS) is 12.9. The number of nitrogen functional groups attached to an aromatic ring is 1. The van der Waals surface area contributed by atoms with Crippen LogP contribution in [0.4, 0.5) is 5.69 Å². The second-order valence-electron chi connectivity index (χ2n) is 17.0. The highest BCUT2D eigenvalue weighted by atomic mass is 16.3. The van der Waals surface area contributed by atoms with E-state index in [-0.39, 0.29) is 5.41 Å². The Labute approximate surface area is 414 Å². The SMILES string of the molecule is C=C/C=C\C=C/CC(C)c1ccccc1.C=C=C.CC.CC.CC1=C(c2ccccc2-c2ccc3c(c2)C(C)(C)c2cc(N)ccc2-3)C=CC1.c1ccc(-c2cccc3c2oc2ccccc23)cc1. The molecule has 2 aliphatic rings. The zero-order chi connectivity index (χ0) is 49.8. The molecule has 10 rings (SSSR count). The molecule has 0 saturated heterocycles. The van der Waals surface area contributed by atoms with Crippen molar-refractivity contribution in [2.75, 3.05) is 5.73 Å². The molecule has 8 aromatic rings. The molecule has 0 spiro atoms. The zero-order valence-electron chi connectivity index (χ0n) is 42.2. The van der Waals surface area contributed by atoms with Gasteiger partial charge in [0.05, 0.1) is 0 Å². The van der Waals surface area contributed by atoms with Gasteiger partial charge in [0, 0.05) is 27.4 Å². The fourth-order valence-corrected chi connectivity index (χ4v) is 8.83. The molecule has 2 aliphatic carbocycles. The Kier molecular flexibility index (Phi) is 19.8. The highest BCUT2D eigenvalue weighted by molar-refractivity contribution is 6.09. The standard InChI is InChI=1S/C27H25N.C18H12O.C15H18.C3H4.2C2H6/c1-17-7-6-10-20(17)22-9-5-4-8-21(22)18-11-13-23-24-14-12-19(28)16-26(24)27(2,3)25(23)15-18;1-2-7-13(8-3-1)14-10-6-11-16-15-9-4-5-12-17(15)19-18(14)16;1-3-4-5-6-8-11-14(2)15-12-9-7-10-13-15;1-3-2;2*1-2/h4-6,8-16H,7,28H2,1-3H3;1-12H;3-10,12-14H,1,11H2,2H3;1-2H2;2*1-2H3/b;;5-4-,8-6-;;;. The number of nitrogens with two attached hydrogens (primary N) is 1. The van der Waals surface area contributed by atoms with E-state index in [1.54, 1.807) is 6.08 Å². The molecule has 0 amide bonds. The van der Waals surface area contributed by atoms with Crippen molar-refractivity contribution in [1.29, 1.82) is 0 Å². The van der Waals surface area contributed by atoms with Gasteiger partial charge in [0.2, 0.25) is 0 Å². The summed E-state index contributed by atoms with van der Waals surface area (Å²) in [5, 5.41) is 2.35. The van der Waals surface area contributed by atoms with Crippen LogP contribution in [0.2, 0.25) is 0 Å². The van der Waals surface area contributed by atoms with Crippen molar-refractivity contribution in [3.8, 4) is 33.4 Å². The van der Waals surface area contributed by atoms with Crippen LogP contribution in [-0.2, 0) is 5.41 Å². The smallest absolute Gasteiger partial charge is 0.143 e. The summed E-state index contributed by atoms with van der Waals surface area (Å²) in [4.78, 5) is 0. The van der Waals surface area contributed by atoms with Gasteiger partial charge < -0.3 is 10.2 Å². The van der Waals surface area contributed by atoms with Crippen LogP contribution < -0.4 is 5.73 Å². The third-order valence-electron chi connectivity index (χ3n) is 12.2. The predicted octanol–water partition coefficient (Wildman–Crippen LogP) is 19.7. The molecule has 1 atom stereocenters. The van der Waals surface area contributed by atoms with E-state index in [2.05, 4.69) is 211 Å². The van der Waals surface area contributed by atoms with Gasteiger partial charge in [-0.25, -0.2) is 0 Å². The molecular weight excluding hydrogens is 835 g/mol. The molecule has 1 heterocycles. The highest BCUT2D eigenvalue weighted by Crippen LogP contribution is 2.50. The fraction of sp³-hybridized carbons (Fsp3) is 0.179. The van der Waals surface area contributed by atoms with Crippen LogP contribution in [0.25, 0.3) is 60.9 Å². The third-order valence-corrected chi connectivity index (χ3v) is 12.2. The van der Waals surface area contributed by atoms with E-state index >= 15 is 0 Å². The predicted molar refractivity (Wildman–Crippen MR) is 305 cm³/mol. The lowest BCUT2D eigenvalue weighted by atomic mass is 9.81. The number of para-hydroxylation sites is 2. The Hall–Kier alpha value is -7.64. The Balaban J connectivity index is 0.000000190. The van der Waals surface area contributed by atoms with Crippen LogP contribution in [0.3, 0.4) is 0 Å². The van der Waals surface area contributed by atoms with Gasteiger partial charge in [0.1, 0.15) is 11.2 Å². The third kappa shape index (κ3) is 12.7. The van der Waals surface area contributed by atoms with Crippen LogP contribution in [0.15, 0.2) is 242 Å². The minimum atomic E-state index is -0.0482. The summed E-state index contributed by atoms with van der Waals surface area (Å²) >= 11 is 0. The number of rotatable bonds is 8. The number of benzene rings is 7. The maximum Gasteiger partial charge on any atom is 0.143 e. The van der Waals surface area contributed by atoms with E-state index in [1.807, 2.05) is 70.2 Å². The van der Waals surface area contributed by atoms with E-state index < -0.39 is 0 Å². The van der Waals surface area contributed by atoms with Crippen molar-refractivity contribution >= 4 is 33.2 Å². The minimum absolute atomic E-state index is 0.0482. The fourth-order valence-electron chi connectivity index (χ4n) is 8.83. The Bertz CT molecular complexity index is 3070. The first-order chi connectivity index (χ1) is 33.7. The minimum Gasteiger partial charge on any atom is -0.455 e. The number of fused-ring (bicyclic) bond motifs is 6. The Morgan fingerprint density at radius 3 is 1.87 bits per heavy atom. The molecular formula is C67H71NO. The number of hydrogen-bond donors (Lipinski definition) is 1. The topological polar surface area (TPSA) is 39.2 Å². The van der Waals surface area contributed by atoms with Crippen molar-refractivity contribution < 1.29 is 4.42 Å². The maximum absolute atomic E-state index is 6.10. The summed E-state index contributed by atoms with van der Waals surface area (Å²) in [7, 11) is 0. The van der Waals surface area contributed by atoms with E-state index in [9.17, 15) is 0 Å². The Morgan fingerprint density at radius 1 is 0.623 bits per heavy atom. The van der Waals surface area contributed by atoms with Gasteiger partial charge in [-0.3, -0.25) is 0 Å². The summed E-state index contributed by atoms with van der Waals surface area (Å²) in [6.07, 6.45) is 16.6. The molecule has 350 valence electrons. The first kappa shape index (κ1) is 52.3. The molecule has 69 heavy (non-hydrogen) atoms. The van der Waals surface area contributed by atoms with Gasteiger partial charge in [-0.2, -0.15) is 0 Å². The number of furan rings is 1. The molecule has 1 aromatic heterocycles. The largest absolute Gasteiger partial charge is 0.455 e. The van der Waals surface area contributed by atoms with Gasteiger partial charge >= 0.3 is 0 Å². The number of allylic oxidation sites excluding steroid dienone is 9. The average Bonchev–Trinajstić information content (AvgIpc) is 4.07. The van der Waals surface area contributed by atoms with E-state index in [0.29, 0.717) is 5.92 Å². The second-order valence-corrected chi connectivity index (χ2v) is 17.0. The number of anilines is 1. The first-order valence-electron chi connectivity index (χ1n) is 24.4. The summed E-state index contributed by atoms with van der Waals surface area (Å²) < 4.78 is 6.04. The van der Waals surface area contributed by atoms with Gasteiger partial charge in [0.15, 0.2) is 0 Å². The monoisotopic (exact) mass is 906 g/mol. The average molecular weight is 906 g/mol. The first-order valence-corrected chi connectivity index (χ1v) is 24.4. The van der Waals surface area contributed by atoms with Gasteiger partial charge in [0.25, 0.3) is 0 Å². The maximum atomic E-state index is 6.10. The lowest BCUT2D eigenvalue weighted by Gasteiger charge is -2.22. The van der Waals surface area contributed by atoms with Crippen molar-refractivity contribution in [2.45, 2.75) is 79.6 Å². The van der Waals surface area contributed by atoms with E-state index in [4.69, 9.17) is 10.2 Å². The molecule has 2 N–H and O–H groups in total. The lowest BCUT2D eigenvalue weighted by Crippen LogP contribution is -2.15. The van der Waals surface area contributed by atoms with Crippen LogP contribution in [0.5, 0.6) is 0 Å². The van der Waals surface area contributed by atoms with Crippen LogP contribution >= 0.6 is 0 Å². The Morgan fingerprint density at radius 2 is 1.20 bits per heavy atom. The summed E-state index contributed by atoms with van der Waals surface area (Å²) in [6.45, 7) is 27.0. The molecule has 0 fully saturated rings. The zero-order valence-corrected chi connectivity index (χ0v) is 42.2. The molecule has 7 aromatic carbocycles.